The lowest BCUT2D eigenvalue weighted by Crippen LogP contribution is -2.54. The Kier molecular flexibility index (Phi) is 6.06. The molecule has 3 aliphatic heterocycles. The van der Waals surface area contributed by atoms with Crippen molar-refractivity contribution in [1.82, 2.24) is 0 Å². The minimum absolute atomic E-state index is 0.0370. The fraction of sp³-hybridized carbons (Fsp3) is 0.733. The van der Waals surface area contributed by atoms with Gasteiger partial charge in [0.05, 0.1) is 24.4 Å². The van der Waals surface area contributed by atoms with Gasteiger partial charge in [0.1, 0.15) is 6.10 Å². The fourth-order valence-electron chi connectivity index (χ4n) is 2.91. The van der Waals surface area contributed by atoms with Crippen LogP contribution in [0.5, 0.6) is 0 Å². The summed E-state index contributed by atoms with van der Waals surface area (Å²) in [6.07, 6.45) is 11.5. The molecule has 2 bridgehead atoms. The second kappa shape index (κ2) is 7.58. The lowest BCUT2D eigenvalue weighted by molar-refractivity contribution is -0.334. The van der Waals surface area contributed by atoms with Crippen molar-refractivity contribution in [3.8, 4) is 12.3 Å². The fourth-order valence-corrected chi connectivity index (χ4v) is 3.77. The van der Waals surface area contributed by atoms with Crippen LogP contribution in [0, 0.1) is 12.3 Å². The van der Waals surface area contributed by atoms with E-state index in [9.17, 15) is 0 Å². The van der Waals surface area contributed by atoms with E-state index in [0.717, 1.165) is 12.8 Å². The molecule has 3 aliphatic rings. The number of rotatable bonds is 4. The highest BCUT2D eigenvalue weighted by molar-refractivity contribution is 9.09. The maximum Gasteiger partial charge on any atom is 0.121 e. The molecular weight excluding hydrogens is 324 g/mol. The summed E-state index contributed by atoms with van der Waals surface area (Å²) in [6, 6.07) is 0. The van der Waals surface area contributed by atoms with E-state index < -0.39 is 0 Å². The first kappa shape index (κ1) is 16.0. The summed E-state index contributed by atoms with van der Waals surface area (Å²) in [5, 5.41) is 9.05. The minimum Gasteiger partial charge on any atom is -0.371 e. The van der Waals surface area contributed by atoms with Gasteiger partial charge in [-0.1, -0.05) is 34.9 Å². The number of terminal acetylenes is 1. The molecule has 3 heterocycles. The first-order valence-corrected chi connectivity index (χ1v) is 7.97. The lowest BCUT2D eigenvalue weighted by atomic mass is 9.90. The predicted octanol–water partition coefficient (Wildman–Crippen LogP) is 2.91. The van der Waals surface area contributed by atoms with E-state index in [0.29, 0.717) is 12.8 Å². The highest BCUT2D eigenvalue weighted by atomic mass is 79.9. The molecule has 0 saturated carbocycles. The van der Waals surface area contributed by atoms with E-state index in [1.807, 2.05) is 6.08 Å². The van der Waals surface area contributed by atoms with Gasteiger partial charge >= 0.3 is 0 Å². The van der Waals surface area contributed by atoms with Crippen LogP contribution >= 0.6 is 15.9 Å². The quantitative estimate of drug-likeness (QED) is 0.368. The smallest absolute Gasteiger partial charge is 0.121 e. The Morgan fingerprint density at radius 2 is 2.10 bits per heavy atom. The molecule has 4 nitrogen and oxygen atoms in total. The molecule has 0 aromatic heterocycles. The number of alkyl halides is 1. The van der Waals surface area contributed by atoms with Crippen LogP contribution in [0.4, 0.5) is 0 Å². The van der Waals surface area contributed by atoms with Crippen molar-refractivity contribution in [3.63, 3.8) is 0 Å². The molecule has 0 aromatic carbocycles. The molecule has 3 rings (SSSR count). The summed E-state index contributed by atoms with van der Waals surface area (Å²) in [4.78, 5) is 4.78. The van der Waals surface area contributed by atoms with Gasteiger partial charge in [-0.3, -0.25) is 5.26 Å². The zero-order valence-electron chi connectivity index (χ0n) is 11.6. The van der Waals surface area contributed by atoms with Crippen molar-refractivity contribution in [2.75, 3.05) is 0 Å². The molecule has 0 aromatic rings. The van der Waals surface area contributed by atoms with Gasteiger partial charge in [0.15, 0.2) is 0 Å². The zero-order valence-corrected chi connectivity index (χ0v) is 13.2. The van der Waals surface area contributed by atoms with E-state index >= 15 is 0 Å². The monoisotopic (exact) mass is 344 g/mol. The Bertz CT molecular complexity index is 377. The van der Waals surface area contributed by atoms with Gasteiger partial charge in [-0.15, -0.1) is 6.42 Å². The van der Waals surface area contributed by atoms with Gasteiger partial charge < -0.3 is 9.47 Å². The van der Waals surface area contributed by atoms with Crippen LogP contribution in [0.25, 0.3) is 0 Å². The van der Waals surface area contributed by atoms with Gasteiger partial charge in [-0.25, -0.2) is 4.89 Å². The maximum absolute atomic E-state index is 9.05. The lowest BCUT2D eigenvalue weighted by Gasteiger charge is -2.45. The average Bonchev–Trinajstić information content (AvgIpc) is 2.44. The van der Waals surface area contributed by atoms with Crippen molar-refractivity contribution < 1.29 is 19.6 Å². The van der Waals surface area contributed by atoms with Crippen LogP contribution in [-0.4, -0.2) is 40.6 Å². The van der Waals surface area contributed by atoms with Gasteiger partial charge in [0.25, 0.3) is 0 Å². The Morgan fingerprint density at radius 3 is 2.75 bits per heavy atom. The number of allylic oxidation sites excluding steroid dienone is 1. The largest absolute Gasteiger partial charge is 0.371 e. The van der Waals surface area contributed by atoms with E-state index in [1.54, 1.807) is 6.08 Å². The first-order chi connectivity index (χ1) is 9.69. The Balaban J connectivity index is 2.12. The summed E-state index contributed by atoms with van der Waals surface area (Å²) in [5.41, 5.74) is 0. The third kappa shape index (κ3) is 3.63. The van der Waals surface area contributed by atoms with Gasteiger partial charge in [-0.05, 0) is 25.3 Å². The summed E-state index contributed by atoms with van der Waals surface area (Å²) >= 11 is 3.66. The summed E-state index contributed by atoms with van der Waals surface area (Å²) < 4.78 is 12.2. The van der Waals surface area contributed by atoms with Crippen molar-refractivity contribution in [1.29, 1.82) is 0 Å². The van der Waals surface area contributed by atoms with Crippen LogP contribution in [0.3, 0.4) is 0 Å². The van der Waals surface area contributed by atoms with Crippen LogP contribution < -0.4 is 0 Å². The Morgan fingerprint density at radius 1 is 1.35 bits per heavy atom. The normalized spacial score (nSPS) is 41.3. The van der Waals surface area contributed by atoms with Crippen molar-refractivity contribution >= 4 is 15.9 Å². The minimum atomic E-state index is -0.328. The summed E-state index contributed by atoms with van der Waals surface area (Å²) in [5.74, 6) is 2.48. The molecule has 6 atom stereocenters. The van der Waals surface area contributed by atoms with Crippen LogP contribution in [0.2, 0.25) is 0 Å². The third-order valence-corrected chi connectivity index (χ3v) is 4.94. The molecule has 5 heteroatoms. The highest BCUT2D eigenvalue weighted by Crippen LogP contribution is 2.36. The molecule has 3 fully saturated rings. The first-order valence-electron chi connectivity index (χ1n) is 7.05. The Hall–Kier alpha value is -0.380. The van der Waals surface area contributed by atoms with Crippen LogP contribution in [0.15, 0.2) is 12.2 Å². The molecule has 0 radical (unpaired) electrons. The predicted molar refractivity (Wildman–Crippen MR) is 79.7 cm³/mol. The van der Waals surface area contributed by atoms with Gasteiger partial charge in [-0.2, -0.15) is 0 Å². The standard InChI is InChI=1S/C15H21BrO4/c1-3-5-6-7-12-14-9-15(20-17)13(19-12)8-10(16)11(4-2)18-14/h1,5-6,10-15,17H,4,7-9H2,2H3/b6-5-/t10-,11+,12-,13+,14+,15+/m0/s1. The SMILES string of the molecule is C#C/C=C\C[C@@H]1O[C@@H]2C[C@H](Br)[C@@H](CC)O[C@@H]1C[C@H]2OO. The van der Waals surface area contributed by atoms with Crippen LogP contribution in [0.1, 0.15) is 32.6 Å². The van der Waals surface area contributed by atoms with E-state index in [-0.39, 0.29) is 35.3 Å². The molecule has 0 amide bonds. The number of hydrogen-bond acceptors (Lipinski definition) is 4. The molecule has 0 unspecified atom stereocenters. The van der Waals surface area contributed by atoms with E-state index in [1.165, 1.54) is 0 Å². The topological polar surface area (TPSA) is 47.9 Å². The highest BCUT2D eigenvalue weighted by Gasteiger charge is 2.44. The third-order valence-electron chi connectivity index (χ3n) is 3.97. The molecule has 112 valence electrons. The summed E-state index contributed by atoms with van der Waals surface area (Å²) in [6.45, 7) is 2.11. The molecule has 1 N–H and O–H groups in total. The molecular formula is C15H21BrO4. The van der Waals surface area contributed by atoms with Gasteiger partial charge in [0, 0.05) is 11.2 Å². The molecule has 3 saturated heterocycles. The zero-order chi connectivity index (χ0) is 14.5. The van der Waals surface area contributed by atoms with Crippen LogP contribution in [-0.2, 0) is 14.4 Å². The second-order valence-corrected chi connectivity index (χ2v) is 6.45. The summed E-state index contributed by atoms with van der Waals surface area (Å²) in [7, 11) is 0. The molecule has 0 aliphatic carbocycles. The maximum atomic E-state index is 9.05. The van der Waals surface area contributed by atoms with Crippen molar-refractivity contribution in [2.45, 2.75) is 68.0 Å². The van der Waals surface area contributed by atoms with E-state index in [4.69, 9.17) is 21.2 Å². The van der Waals surface area contributed by atoms with Crippen molar-refractivity contribution in [2.24, 2.45) is 0 Å². The Labute approximate surface area is 128 Å². The number of ether oxygens (including phenoxy) is 2. The molecule has 20 heavy (non-hydrogen) atoms. The molecule has 0 spiro atoms. The second-order valence-electron chi connectivity index (χ2n) is 5.27. The van der Waals surface area contributed by atoms with Gasteiger partial charge in [0.2, 0.25) is 0 Å². The number of halogens is 1. The number of fused-ring (bicyclic) bond motifs is 5. The van der Waals surface area contributed by atoms with Crippen molar-refractivity contribution in [3.05, 3.63) is 12.2 Å². The average molecular weight is 345 g/mol. The number of hydrogen-bond donors (Lipinski definition) is 1. The van der Waals surface area contributed by atoms with E-state index in [2.05, 4.69) is 33.7 Å².